The molecule has 8 heteroatoms. The van der Waals surface area contributed by atoms with Crippen molar-refractivity contribution in [3.8, 4) is 5.75 Å². The minimum atomic E-state index is -3.07. The summed E-state index contributed by atoms with van der Waals surface area (Å²) in [5, 5.41) is 7.51. The highest BCUT2D eigenvalue weighted by Crippen LogP contribution is 2.31. The quantitative estimate of drug-likeness (QED) is 0.865. The van der Waals surface area contributed by atoms with Crippen LogP contribution in [0.3, 0.4) is 0 Å². The fraction of sp³-hybridized carbons (Fsp3) is 0.474. The number of hydrogen-bond acceptors (Lipinski definition) is 5. The maximum absolute atomic E-state index is 12.7. The van der Waals surface area contributed by atoms with Crippen LogP contribution in [0.2, 0.25) is 0 Å². The van der Waals surface area contributed by atoms with E-state index in [9.17, 15) is 13.2 Å². The molecule has 0 saturated carbocycles. The first kappa shape index (κ1) is 19.4. The molecule has 2 aromatic rings. The number of nitrogens with zero attached hydrogens (tertiary/aromatic N) is 2. The number of carbonyl (C=O) groups excluding carboxylic acids is 1. The van der Waals surface area contributed by atoms with Gasteiger partial charge in [0.1, 0.15) is 11.6 Å². The molecular formula is C19H25N3O4S. The first-order valence-corrected chi connectivity index (χ1v) is 10.7. The lowest BCUT2D eigenvalue weighted by Crippen LogP contribution is -2.20. The Bertz CT molecular complexity index is 958. The number of anilines is 1. The first-order chi connectivity index (χ1) is 12.6. The molecule has 1 fully saturated rings. The van der Waals surface area contributed by atoms with Gasteiger partial charge in [-0.1, -0.05) is 26.8 Å². The monoisotopic (exact) mass is 391 g/mol. The van der Waals surface area contributed by atoms with Crippen LogP contribution in [0.4, 0.5) is 5.82 Å². The van der Waals surface area contributed by atoms with E-state index in [-0.39, 0.29) is 28.9 Å². The second kappa shape index (κ2) is 6.99. The second-order valence-corrected chi connectivity index (χ2v) is 10.1. The van der Waals surface area contributed by atoms with Crippen LogP contribution in [0.15, 0.2) is 30.3 Å². The molecule has 1 aliphatic heterocycles. The lowest BCUT2D eigenvalue weighted by molar-refractivity contribution is 0.102. The molecule has 1 atom stereocenters. The number of carbonyl (C=O) groups is 1. The maximum atomic E-state index is 12.7. The van der Waals surface area contributed by atoms with Crippen LogP contribution >= 0.6 is 0 Å². The lowest BCUT2D eigenvalue weighted by atomic mass is 9.92. The molecule has 1 N–H and O–H groups in total. The summed E-state index contributed by atoms with van der Waals surface area (Å²) in [5.41, 5.74) is 1.03. The molecule has 1 saturated heterocycles. The third-order valence-electron chi connectivity index (χ3n) is 4.63. The van der Waals surface area contributed by atoms with E-state index >= 15 is 0 Å². The Morgan fingerprint density at radius 1 is 1.30 bits per heavy atom. The molecule has 0 bridgehead atoms. The van der Waals surface area contributed by atoms with E-state index in [0.29, 0.717) is 23.6 Å². The van der Waals surface area contributed by atoms with Gasteiger partial charge >= 0.3 is 0 Å². The van der Waals surface area contributed by atoms with Crippen molar-refractivity contribution >= 4 is 21.6 Å². The summed E-state index contributed by atoms with van der Waals surface area (Å²) in [4.78, 5) is 12.7. The number of aromatic nitrogens is 2. The number of hydrogen-bond donors (Lipinski definition) is 1. The highest BCUT2D eigenvalue weighted by molar-refractivity contribution is 7.91. The average molecular weight is 391 g/mol. The van der Waals surface area contributed by atoms with E-state index in [1.54, 1.807) is 36.1 Å². The number of nitrogens with one attached hydrogen (secondary N) is 1. The van der Waals surface area contributed by atoms with Crippen molar-refractivity contribution in [2.45, 2.75) is 38.6 Å². The number of sulfone groups is 1. The second-order valence-electron chi connectivity index (χ2n) is 7.85. The van der Waals surface area contributed by atoms with Gasteiger partial charge in [0.2, 0.25) is 0 Å². The Kier molecular flexibility index (Phi) is 5.03. The van der Waals surface area contributed by atoms with E-state index in [1.165, 1.54) is 0 Å². The average Bonchev–Trinajstić information content (AvgIpc) is 3.17. The Morgan fingerprint density at radius 2 is 2.04 bits per heavy atom. The Morgan fingerprint density at radius 3 is 2.63 bits per heavy atom. The normalized spacial score (nSPS) is 19.0. The van der Waals surface area contributed by atoms with Crippen molar-refractivity contribution < 1.29 is 17.9 Å². The summed E-state index contributed by atoms with van der Waals surface area (Å²) < 4.78 is 30.6. The third kappa shape index (κ3) is 4.32. The van der Waals surface area contributed by atoms with Gasteiger partial charge in [-0.05, 0) is 24.6 Å². The highest BCUT2D eigenvalue weighted by Gasteiger charge is 2.33. The Hall–Kier alpha value is -2.35. The zero-order chi connectivity index (χ0) is 19.8. The van der Waals surface area contributed by atoms with Crippen molar-refractivity contribution in [3.05, 3.63) is 41.6 Å². The van der Waals surface area contributed by atoms with Crippen LogP contribution < -0.4 is 10.1 Å². The Labute approximate surface area is 159 Å². The molecule has 0 spiro atoms. The molecule has 0 aliphatic carbocycles. The van der Waals surface area contributed by atoms with Gasteiger partial charge in [0.15, 0.2) is 9.84 Å². The Balaban J connectivity index is 1.93. The first-order valence-electron chi connectivity index (χ1n) is 8.85. The number of amides is 1. The van der Waals surface area contributed by atoms with Crippen molar-refractivity contribution in [3.63, 3.8) is 0 Å². The van der Waals surface area contributed by atoms with Crippen LogP contribution in [0, 0.1) is 0 Å². The molecule has 3 rings (SSSR count). The van der Waals surface area contributed by atoms with Crippen LogP contribution in [-0.2, 0) is 15.3 Å². The summed E-state index contributed by atoms with van der Waals surface area (Å²) in [6.07, 6.45) is 0.496. The fourth-order valence-electron chi connectivity index (χ4n) is 3.05. The summed E-state index contributed by atoms with van der Waals surface area (Å²) in [6, 6.07) is 8.41. The van der Waals surface area contributed by atoms with Gasteiger partial charge < -0.3 is 10.1 Å². The molecular weight excluding hydrogens is 366 g/mol. The minimum Gasteiger partial charge on any atom is -0.497 e. The van der Waals surface area contributed by atoms with Crippen molar-refractivity contribution in [2.75, 3.05) is 23.9 Å². The molecule has 2 heterocycles. The minimum absolute atomic E-state index is 0.0420. The van der Waals surface area contributed by atoms with Gasteiger partial charge in [-0.2, -0.15) is 5.10 Å². The third-order valence-corrected chi connectivity index (χ3v) is 6.38. The number of methoxy groups -OCH3 is 1. The van der Waals surface area contributed by atoms with Crippen molar-refractivity contribution in [1.82, 2.24) is 9.78 Å². The molecule has 1 amide bonds. The van der Waals surface area contributed by atoms with Gasteiger partial charge in [0.05, 0.1) is 30.4 Å². The van der Waals surface area contributed by atoms with Gasteiger partial charge in [-0.25, -0.2) is 13.1 Å². The van der Waals surface area contributed by atoms with E-state index in [1.807, 2.05) is 26.8 Å². The zero-order valence-electron chi connectivity index (χ0n) is 16.0. The molecule has 0 radical (unpaired) electrons. The van der Waals surface area contributed by atoms with Crippen molar-refractivity contribution in [1.29, 1.82) is 0 Å². The molecule has 27 heavy (non-hydrogen) atoms. The molecule has 1 unspecified atom stereocenters. The SMILES string of the molecule is COc1cccc(C(=O)Nc2cc(C(C)(C)C)nn2C2CCS(=O)(=O)C2)c1. The van der Waals surface area contributed by atoms with Crippen LogP contribution in [0.5, 0.6) is 5.75 Å². The van der Waals surface area contributed by atoms with E-state index in [4.69, 9.17) is 4.74 Å². The summed E-state index contributed by atoms with van der Waals surface area (Å²) in [7, 11) is -1.52. The summed E-state index contributed by atoms with van der Waals surface area (Å²) in [6.45, 7) is 6.08. The van der Waals surface area contributed by atoms with Crippen LogP contribution in [-0.4, -0.2) is 42.7 Å². The standard InChI is InChI=1S/C19H25N3O4S/c1-19(2,3)16-11-17(22(21-16)14-8-9-27(24,25)12-14)20-18(23)13-6-5-7-15(10-13)26-4/h5-7,10-11,14H,8-9,12H2,1-4H3,(H,20,23). The van der Waals surface area contributed by atoms with E-state index < -0.39 is 9.84 Å². The maximum Gasteiger partial charge on any atom is 0.256 e. The van der Waals surface area contributed by atoms with E-state index in [0.717, 1.165) is 5.69 Å². The van der Waals surface area contributed by atoms with Gasteiger partial charge in [0, 0.05) is 17.0 Å². The predicted molar refractivity (Wildman–Crippen MR) is 104 cm³/mol. The number of ether oxygens (including phenoxy) is 1. The highest BCUT2D eigenvalue weighted by atomic mass is 32.2. The smallest absolute Gasteiger partial charge is 0.256 e. The topological polar surface area (TPSA) is 90.3 Å². The lowest BCUT2D eigenvalue weighted by Gasteiger charge is -2.15. The molecule has 146 valence electrons. The zero-order valence-corrected chi connectivity index (χ0v) is 16.8. The molecule has 1 aromatic heterocycles. The van der Waals surface area contributed by atoms with Crippen LogP contribution in [0.1, 0.15) is 49.3 Å². The van der Waals surface area contributed by atoms with Crippen LogP contribution in [0.25, 0.3) is 0 Å². The summed E-state index contributed by atoms with van der Waals surface area (Å²) in [5.74, 6) is 0.992. The molecule has 1 aromatic carbocycles. The summed E-state index contributed by atoms with van der Waals surface area (Å²) >= 11 is 0. The predicted octanol–water partition coefficient (Wildman–Crippen LogP) is 2.80. The van der Waals surface area contributed by atoms with Crippen molar-refractivity contribution in [2.24, 2.45) is 0 Å². The van der Waals surface area contributed by atoms with Gasteiger partial charge in [-0.15, -0.1) is 0 Å². The largest absolute Gasteiger partial charge is 0.497 e. The molecule has 1 aliphatic rings. The molecule has 7 nitrogen and oxygen atoms in total. The van der Waals surface area contributed by atoms with E-state index in [2.05, 4.69) is 10.4 Å². The fourth-order valence-corrected chi connectivity index (χ4v) is 4.75. The number of rotatable bonds is 4. The van der Waals surface area contributed by atoms with Gasteiger partial charge in [0.25, 0.3) is 5.91 Å². The number of benzene rings is 1. The van der Waals surface area contributed by atoms with Gasteiger partial charge in [-0.3, -0.25) is 4.79 Å².